The van der Waals surface area contributed by atoms with Crippen LogP contribution in [0.2, 0.25) is 0 Å². The highest BCUT2D eigenvalue weighted by Gasteiger charge is 2.09. The topological polar surface area (TPSA) is 38.3 Å². The number of nitrogens with one attached hydrogen (secondary N) is 1. The van der Waals surface area contributed by atoms with Crippen LogP contribution in [0.3, 0.4) is 0 Å². The highest BCUT2D eigenvalue weighted by atomic mass is 19.1. The molecule has 15 heavy (non-hydrogen) atoms. The number of ether oxygens (including phenoxy) is 1. The zero-order valence-corrected chi connectivity index (χ0v) is 9.00. The van der Waals surface area contributed by atoms with E-state index in [0.29, 0.717) is 11.3 Å². The van der Waals surface area contributed by atoms with Crippen LogP contribution in [0.25, 0.3) is 0 Å². The Labute approximate surface area is 88.2 Å². The van der Waals surface area contributed by atoms with Gasteiger partial charge in [-0.15, -0.1) is 0 Å². The second-order valence-electron chi connectivity index (χ2n) is 3.49. The van der Waals surface area contributed by atoms with Gasteiger partial charge in [0.1, 0.15) is 5.82 Å². The largest absolute Gasteiger partial charge is 0.447 e. The number of hydrogen-bond acceptors (Lipinski definition) is 2. The van der Waals surface area contributed by atoms with Gasteiger partial charge in [-0.1, -0.05) is 6.07 Å². The Hall–Kier alpha value is -1.58. The number of benzene rings is 1. The second kappa shape index (κ2) is 4.77. The Morgan fingerprint density at radius 2 is 2.13 bits per heavy atom. The molecule has 0 atom stereocenters. The molecule has 0 saturated heterocycles. The van der Waals surface area contributed by atoms with Gasteiger partial charge in [0.05, 0.1) is 6.10 Å². The van der Waals surface area contributed by atoms with Crippen LogP contribution in [-0.2, 0) is 4.74 Å². The van der Waals surface area contributed by atoms with Gasteiger partial charge in [0.15, 0.2) is 0 Å². The smallest absolute Gasteiger partial charge is 0.411 e. The van der Waals surface area contributed by atoms with Crippen molar-refractivity contribution in [3.63, 3.8) is 0 Å². The summed E-state index contributed by atoms with van der Waals surface area (Å²) >= 11 is 0. The number of halogens is 1. The molecule has 0 radical (unpaired) electrons. The molecule has 1 N–H and O–H groups in total. The number of rotatable bonds is 2. The number of anilines is 1. The number of carbonyl (C=O) groups is 1. The predicted octanol–water partition coefficient (Wildman–Crippen LogP) is 3.09. The van der Waals surface area contributed by atoms with Crippen molar-refractivity contribution in [1.82, 2.24) is 0 Å². The molecule has 0 aliphatic rings. The molecule has 1 aromatic rings. The lowest BCUT2D eigenvalue weighted by Gasteiger charge is -2.11. The summed E-state index contributed by atoms with van der Waals surface area (Å²) in [4.78, 5) is 11.2. The molecule has 0 saturated carbocycles. The molecule has 0 fully saturated rings. The van der Waals surface area contributed by atoms with E-state index in [-0.39, 0.29) is 11.9 Å². The van der Waals surface area contributed by atoms with Crippen molar-refractivity contribution in [3.8, 4) is 0 Å². The molecular weight excluding hydrogens is 197 g/mol. The van der Waals surface area contributed by atoms with Gasteiger partial charge in [-0.2, -0.15) is 0 Å². The molecule has 0 heterocycles. The first-order valence-electron chi connectivity index (χ1n) is 4.73. The molecule has 0 unspecified atom stereocenters. The van der Waals surface area contributed by atoms with Gasteiger partial charge < -0.3 is 4.74 Å². The van der Waals surface area contributed by atoms with Crippen LogP contribution in [0, 0.1) is 12.7 Å². The Bertz CT molecular complexity index is 364. The maximum Gasteiger partial charge on any atom is 0.411 e. The van der Waals surface area contributed by atoms with Crippen molar-refractivity contribution in [1.29, 1.82) is 0 Å². The van der Waals surface area contributed by atoms with Crippen molar-refractivity contribution in [3.05, 3.63) is 29.6 Å². The molecule has 0 spiro atoms. The van der Waals surface area contributed by atoms with E-state index in [0.717, 1.165) is 0 Å². The van der Waals surface area contributed by atoms with E-state index < -0.39 is 6.09 Å². The van der Waals surface area contributed by atoms with Crippen molar-refractivity contribution in [2.45, 2.75) is 26.9 Å². The van der Waals surface area contributed by atoms with Crippen LogP contribution in [-0.4, -0.2) is 12.2 Å². The Balaban J connectivity index is 2.73. The van der Waals surface area contributed by atoms with E-state index in [1.165, 1.54) is 12.1 Å². The molecule has 3 nitrogen and oxygen atoms in total. The predicted molar refractivity (Wildman–Crippen MR) is 56.4 cm³/mol. The molecule has 1 rings (SSSR count). The molecule has 1 aromatic carbocycles. The Morgan fingerprint density at radius 1 is 1.47 bits per heavy atom. The van der Waals surface area contributed by atoms with E-state index >= 15 is 0 Å². The van der Waals surface area contributed by atoms with Gasteiger partial charge in [-0.25, -0.2) is 9.18 Å². The highest BCUT2D eigenvalue weighted by molar-refractivity contribution is 5.85. The summed E-state index contributed by atoms with van der Waals surface area (Å²) in [7, 11) is 0. The lowest BCUT2D eigenvalue weighted by Crippen LogP contribution is -2.18. The number of carbonyl (C=O) groups excluding carboxylic acids is 1. The molecule has 82 valence electrons. The fourth-order valence-electron chi connectivity index (χ4n) is 1.10. The molecule has 0 aliphatic heterocycles. The molecule has 0 bridgehead atoms. The SMILES string of the molecule is Cc1c(F)cccc1NC(=O)OC(C)C. The summed E-state index contributed by atoms with van der Waals surface area (Å²) in [5.74, 6) is -0.350. The van der Waals surface area contributed by atoms with Crippen molar-refractivity contribution in [2.75, 3.05) is 5.32 Å². The van der Waals surface area contributed by atoms with E-state index in [9.17, 15) is 9.18 Å². The van der Waals surface area contributed by atoms with Gasteiger partial charge in [0.2, 0.25) is 0 Å². The van der Waals surface area contributed by atoms with E-state index in [1.807, 2.05) is 0 Å². The zero-order chi connectivity index (χ0) is 11.4. The van der Waals surface area contributed by atoms with Crippen molar-refractivity contribution in [2.24, 2.45) is 0 Å². The number of hydrogen-bond donors (Lipinski definition) is 1. The Kier molecular flexibility index (Phi) is 3.66. The van der Waals surface area contributed by atoms with E-state index in [1.54, 1.807) is 26.8 Å². The minimum atomic E-state index is -0.571. The lowest BCUT2D eigenvalue weighted by molar-refractivity contribution is 0.130. The van der Waals surface area contributed by atoms with Crippen molar-refractivity contribution < 1.29 is 13.9 Å². The van der Waals surface area contributed by atoms with E-state index in [2.05, 4.69) is 5.32 Å². The standard InChI is InChI=1S/C11H14FNO2/c1-7(2)15-11(14)13-10-6-4-5-9(12)8(10)3/h4-7H,1-3H3,(H,13,14). The van der Waals surface area contributed by atoms with E-state index in [4.69, 9.17) is 4.74 Å². The quantitative estimate of drug-likeness (QED) is 0.816. The zero-order valence-electron chi connectivity index (χ0n) is 9.00. The van der Waals surface area contributed by atoms with Crippen LogP contribution < -0.4 is 5.32 Å². The monoisotopic (exact) mass is 211 g/mol. The first-order valence-corrected chi connectivity index (χ1v) is 4.73. The van der Waals surface area contributed by atoms with Crippen molar-refractivity contribution >= 4 is 11.8 Å². The van der Waals surface area contributed by atoms with Gasteiger partial charge in [0.25, 0.3) is 0 Å². The first-order chi connectivity index (χ1) is 7.00. The maximum absolute atomic E-state index is 13.1. The molecule has 1 amide bonds. The third-order valence-corrected chi connectivity index (χ3v) is 1.85. The van der Waals surface area contributed by atoms with Crippen LogP contribution in [0.1, 0.15) is 19.4 Å². The van der Waals surface area contributed by atoms with Crippen LogP contribution in [0.5, 0.6) is 0 Å². The first kappa shape index (κ1) is 11.5. The second-order valence-corrected chi connectivity index (χ2v) is 3.49. The lowest BCUT2D eigenvalue weighted by atomic mass is 10.2. The van der Waals surface area contributed by atoms with Crippen LogP contribution in [0.15, 0.2) is 18.2 Å². The summed E-state index contributed by atoms with van der Waals surface area (Å²) in [5, 5.41) is 2.48. The summed E-state index contributed by atoms with van der Waals surface area (Å²) in [6.07, 6.45) is -0.766. The van der Waals surface area contributed by atoms with Crippen LogP contribution >= 0.6 is 0 Å². The molecule has 0 aromatic heterocycles. The minimum absolute atomic E-state index is 0.195. The fourth-order valence-corrected chi connectivity index (χ4v) is 1.10. The number of amides is 1. The molecule has 0 aliphatic carbocycles. The summed E-state index contributed by atoms with van der Waals surface area (Å²) in [6, 6.07) is 4.50. The van der Waals surface area contributed by atoms with Gasteiger partial charge in [0, 0.05) is 11.3 Å². The minimum Gasteiger partial charge on any atom is -0.447 e. The van der Waals surface area contributed by atoms with Crippen LogP contribution in [0.4, 0.5) is 14.9 Å². The summed E-state index contributed by atoms with van der Waals surface area (Å²) < 4.78 is 18.0. The Morgan fingerprint density at radius 3 is 2.73 bits per heavy atom. The molecule has 4 heteroatoms. The average Bonchev–Trinajstić information content (AvgIpc) is 2.11. The van der Waals surface area contributed by atoms with Gasteiger partial charge >= 0.3 is 6.09 Å². The van der Waals surface area contributed by atoms with Gasteiger partial charge in [-0.05, 0) is 32.9 Å². The normalized spacial score (nSPS) is 10.2. The molecular formula is C11H14FNO2. The fraction of sp³-hybridized carbons (Fsp3) is 0.364. The third kappa shape index (κ3) is 3.23. The third-order valence-electron chi connectivity index (χ3n) is 1.85. The summed E-state index contributed by atoms with van der Waals surface area (Å²) in [6.45, 7) is 5.09. The summed E-state index contributed by atoms with van der Waals surface area (Å²) in [5.41, 5.74) is 0.832. The maximum atomic E-state index is 13.1. The average molecular weight is 211 g/mol. The van der Waals surface area contributed by atoms with Gasteiger partial charge in [-0.3, -0.25) is 5.32 Å². The highest BCUT2D eigenvalue weighted by Crippen LogP contribution is 2.17.